The number of rotatable bonds is 2. The van der Waals surface area contributed by atoms with E-state index in [9.17, 15) is 0 Å². The van der Waals surface area contributed by atoms with Gasteiger partial charge in [-0.2, -0.15) is 6.42 Å². The molecule has 0 aromatic heterocycles. The Morgan fingerprint density at radius 2 is 1.54 bits per heavy atom. The Labute approximate surface area is 84.5 Å². The van der Waals surface area contributed by atoms with Crippen LogP contribution < -0.4 is 0 Å². The summed E-state index contributed by atoms with van der Waals surface area (Å²) in [6, 6.07) is 0. The van der Waals surface area contributed by atoms with E-state index in [1.165, 1.54) is 38.9 Å². The quantitative estimate of drug-likeness (QED) is 0.698. The van der Waals surface area contributed by atoms with Gasteiger partial charge in [0.2, 0.25) is 0 Å². The summed E-state index contributed by atoms with van der Waals surface area (Å²) in [7, 11) is 0. The second-order valence-electron chi connectivity index (χ2n) is 2.94. The molecular formula is C8H16NO3Re-. The molecule has 0 bridgehead atoms. The fraction of sp³-hybridized carbons (Fsp3) is 0.875. The fourth-order valence-corrected chi connectivity index (χ4v) is 1.41. The first-order valence-corrected chi connectivity index (χ1v) is 7.74. The van der Waals surface area contributed by atoms with Crippen LogP contribution in [0.25, 0.3) is 0 Å². The Morgan fingerprint density at radius 3 is 1.92 bits per heavy atom. The van der Waals surface area contributed by atoms with Crippen molar-refractivity contribution < 1.29 is 27.0 Å². The van der Waals surface area contributed by atoms with Crippen molar-refractivity contribution in [3.63, 3.8) is 0 Å². The number of nitrogens with zero attached hydrogens (tertiary/aromatic N) is 1. The van der Waals surface area contributed by atoms with Crippen LogP contribution in [0, 0.1) is 6.92 Å². The molecule has 0 amide bonds. The Kier molecular flexibility index (Phi) is 8.63. The van der Waals surface area contributed by atoms with E-state index in [0.29, 0.717) is 0 Å². The van der Waals surface area contributed by atoms with E-state index in [1.54, 1.807) is 0 Å². The molecule has 1 aliphatic rings. The molecule has 1 rings (SSSR count). The molecule has 1 aliphatic heterocycles. The molecule has 0 saturated carbocycles. The third-order valence-corrected chi connectivity index (χ3v) is 1.92. The van der Waals surface area contributed by atoms with Crippen molar-refractivity contribution in [3.05, 3.63) is 6.92 Å². The van der Waals surface area contributed by atoms with Gasteiger partial charge in [0.25, 0.3) is 0 Å². The minimum absolute atomic E-state index is 1.07. The Balaban J connectivity index is 0.000000310. The van der Waals surface area contributed by atoms with Gasteiger partial charge < -0.3 is 11.8 Å². The van der Waals surface area contributed by atoms with Gasteiger partial charge in [-0.15, -0.1) is 0 Å². The van der Waals surface area contributed by atoms with Gasteiger partial charge in [-0.05, 0) is 32.5 Å². The summed E-state index contributed by atoms with van der Waals surface area (Å²) >= 11 is -4.21. The van der Waals surface area contributed by atoms with E-state index >= 15 is 0 Å². The van der Waals surface area contributed by atoms with Crippen molar-refractivity contribution in [1.29, 1.82) is 0 Å². The summed E-state index contributed by atoms with van der Waals surface area (Å²) < 4.78 is 25.8. The summed E-state index contributed by atoms with van der Waals surface area (Å²) in [6.45, 7) is 7.68. The summed E-state index contributed by atoms with van der Waals surface area (Å²) in [5.74, 6) is 0. The molecule has 0 atom stereocenters. The van der Waals surface area contributed by atoms with Crippen molar-refractivity contribution in [2.45, 2.75) is 25.7 Å². The van der Waals surface area contributed by atoms with Crippen molar-refractivity contribution in [2.24, 2.45) is 0 Å². The second kappa shape index (κ2) is 8.61. The zero-order chi connectivity index (χ0) is 10.1. The topological polar surface area (TPSA) is 54.5 Å². The Bertz CT molecular complexity index is 195. The van der Waals surface area contributed by atoms with Crippen molar-refractivity contribution >= 4 is 0 Å². The van der Waals surface area contributed by atoms with Gasteiger partial charge in [-0.25, -0.2) is 0 Å². The van der Waals surface area contributed by atoms with E-state index in [0.717, 1.165) is 6.42 Å². The van der Waals surface area contributed by atoms with Crippen LogP contribution in [0.3, 0.4) is 0 Å². The average molecular weight is 360 g/mol. The molecule has 0 N–H and O–H groups in total. The van der Waals surface area contributed by atoms with Crippen LogP contribution in [-0.4, -0.2) is 24.5 Å². The average Bonchev–Trinajstić information content (AvgIpc) is 2.06. The second-order valence-corrected chi connectivity index (χ2v) is 4.30. The van der Waals surface area contributed by atoms with Crippen LogP contribution in [0.1, 0.15) is 25.7 Å². The van der Waals surface area contributed by atoms with Crippen molar-refractivity contribution in [2.75, 3.05) is 19.6 Å². The van der Waals surface area contributed by atoms with Crippen molar-refractivity contribution in [3.8, 4) is 0 Å². The van der Waals surface area contributed by atoms with Crippen LogP contribution in [0.4, 0.5) is 0 Å². The van der Waals surface area contributed by atoms with Gasteiger partial charge in [0.05, 0.1) is 0 Å². The summed E-state index contributed by atoms with van der Waals surface area (Å²) in [6.07, 6.45) is 5.31. The fourth-order valence-electron chi connectivity index (χ4n) is 1.41. The molecule has 1 saturated heterocycles. The number of hydrogen-bond donors (Lipinski definition) is 0. The first kappa shape index (κ1) is 13.0. The number of hydrogen-bond acceptors (Lipinski definition) is 4. The Hall–Kier alpha value is 0.0223. The molecule has 0 unspecified atom stereocenters. The van der Waals surface area contributed by atoms with Crippen LogP contribution in [0.5, 0.6) is 0 Å². The van der Waals surface area contributed by atoms with Gasteiger partial charge in [-0.3, -0.25) is 0 Å². The van der Waals surface area contributed by atoms with Crippen molar-refractivity contribution in [1.82, 2.24) is 4.90 Å². The predicted molar refractivity (Wildman–Crippen MR) is 42.3 cm³/mol. The third kappa shape index (κ3) is 9.94. The Morgan fingerprint density at radius 1 is 1.08 bits per heavy atom. The predicted octanol–water partition coefficient (Wildman–Crippen LogP) is 1.34. The summed E-state index contributed by atoms with van der Waals surface area (Å²) in [5.41, 5.74) is 0. The normalized spacial score (nSPS) is 17.3. The third-order valence-electron chi connectivity index (χ3n) is 1.92. The molecule has 4 nitrogen and oxygen atoms in total. The molecule has 0 aliphatic carbocycles. The van der Waals surface area contributed by atoms with E-state index in [2.05, 4.69) is 11.8 Å². The maximum atomic E-state index is 8.60. The van der Waals surface area contributed by atoms with Gasteiger partial charge >= 0.3 is 27.0 Å². The molecule has 0 aromatic carbocycles. The molecule has 0 spiro atoms. The first-order chi connectivity index (χ1) is 6.16. The van der Waals surface area contributed by atoms with E-state index in [4.69, 9.17) is 10.4 Å². The molecule has 13 heavy (non-hydrogen) atoms. The first-order valence-electron chi connectivity index (χ1n) is 4.41. The van der Waals surface area contributed by atoms with Crippen LogP contribution in [-0.2, 0) is 27.0 Å². The van der Waals surface area contributed by atoms with Gasteiger partial charge in [-0.1, -0.05) is 6.42 Å². The van der Waals surface area contributed by atoms with Gasteiger partial charge in [0, 0.05) is 0 Å². The molecule has 0 aromatic rings. The molecule has 0 radical (unpaired) electrons. The molecule has 1 heterocycles. The van der Waals surface area contributed by atoms with Gasteiger partial charge in [0.1, 0.15) is 0 Å². The van der Waals surface area contributed by atoms with Crippen LogP contribution >= 0.6 is 0 Å². The molecule has 5 heteroatoms. The number of piperidine rings is 1. The monoisotopic (exact) mass is 361 g/mol. The van der Waals surface area contributed by atoms with Crippen LogP contribution in [0.15, 0.2) is 0 Å². The zero-order valence-corrected chi connectivity index (χ0v) is 10.4. The summed E-state index contributed by atoms with van der Waals surface area (Å²) in [4.78, 5) is 2.51. The molecular weight excluding hydrogens is 344 g/mol. The van der Waals surface area contributed by atoms with E-state index in [1.807, 2.05) is 0 Å². The minimum atomic E-state index is -4.21. The zero-order valence-electron chi connectivity index (χ0n) is 7.71. The van der Waals surface area contributed by atoms with Gasteiger partial charge in [0.15, 0.2) is 0 Å². The molecule has 1 fully saturated rings. The standard InChI is InChI=1S/C8H16N.3O.Re/c1-2-6-9-7-4-3-5-8-9;;;;/h1-8H2;;;;/q-1;;;;. The summed E-state index contributed by atoms with van der Waals surface area (Å²) in [5, 5.41) is 0. The maximum absolute atomic E-state index is 8.60. The molecule has 79 valence electrons. The van der Waals surface area contributed by atoms with E-state index < -0.39 is 16.6 Å². The SMILES string of the molecule is [CH2-]CCN1CCCCC1.[O]=[Re](=[O])=[O]. The number of likely N-dealkylation sites (tertiary alicyclic amines) is 1. The van der Waals surface area contributed by atoms with E-state index in [-0.39, 0.29) is 0 Å². The van der Waals surface area contributed by atoms with Crippen LogP contribution in [0.2, 0.25) is 0 Å².